The van der Waals surface area contributed by atoms with Crippen molar-refractivity contribution < 1.29 is 14.3 Å². The van der Waals surface area contributed by atoms with Crippen LogP contribution in [0.2, 0.25) is 0 Å². The molecule has 0 saturated carbocycles. The Balaban J connectivity index is 1.67. The second-order valence-corrected chi connectivity index (χ2v) is 5.93. The molecule has 5 nitrogen and oxygen atoms in total. The van der Waals surface area contributed by atoms with Crippen molar-refractivity contribution in [2.24, 2.45) is 5.10 Å². The summed E-state index contributed by atoms with van der Waals surface area (Å²) in [6.07, 6.45) is 1.66. The molecule has 126 valence electrons. The normalized spacial score (nSPS) is 10.6. The summed E-state index contributed by atoms with van der Waals surface area (Å²) in [5, 5.41) is 5.98. The summed E-state index contributed by atoms with van der Waals surface area (Å²) in [6.45, 7) is 0. The van der Waals surface area contributed by atoms with Gasteiger partial charge in [0.25, 0.3) is 0 Å². The Bertz CT molecular complexity index is 875. The summed E-state index contributed by atoms with van der Waals surface area (Å²) >= 11 is 1.30. The van der Waals surface area contributed by atoms with E-state index in [9.17, 15) is 4.79 Å². The van der Waals surface area contributed by atoms with Gasteiger partial charge in [-0.15, -0.1) is 11.3 Å². The van der Waals surface area contributed by atoms with E-state index in [0.717, 1.165) is 17.1 Å². The number of thiophene rings is 1. The molecule has 3 rings (SSSR count). The number of para-hydroxylation sites is 1. The van der Waals surface area contributed by atoms with Crippen LogP contribution < -0.4 is 10.2 Å². The Morgan fingerprint density at radius 3 is 2.68 bits per heavy atom. The molecule has 0 fully saturated rings. The first-order chi connectivity index (χ1) is 12.3. The molecule has 25 heavy (non-hydrogen) atoms. The number of anilines is 1. The average molecular weight is 352 g/mol. The molecule has 6 heteroatoms. The van der Waals surface area contributed by atoms with E-state index in [4.69, 9.17) is 9.47 Å². The number of hydrogen-bond acceptors (Lipinski definition) is 6. The van der Waals surface area contributed by atoms with Crippen molar-refractivity contribution in [3.8, 4) is 11.5 Å². The quantitative estimate of drug-likeness (QED) is 0.394. The van der Waals surface area contributed by atoms with Crippen LogP contribution in [0.5, 0.6) is 11.5 Å². The van der Waals surface area contributed by atoms with E-state index < -0.39 is 0 Å². The molecule has 0 aliphatic carbocycles. The zero-order chi connectivity index (χ0) is 17.5. The molecule has 0 radical (unpaired) electrons. The van der Waals surface area contributed by atoms with Gasteiger partial charge in [0.1, 0.15) is 16.4 Å². The number of esters is 1. The molecule has 0 spiro atoms. The molecule has 0 aliphatic rings. The number of carbonyl (C=O) groups is 1. The van der Waals surface area contributed by atoms with Gasteiger partial charge in [0.15, 0.2) is 0 Å². The fraction of sp³-hybridized carbons (Fsp3) is 0.0526. The van der Waals surface area contributed by atoms with Gasteiger partial charge in [0, 0.05) is 0 Å². The van der Waals surface area contributed by atoms with Crippen molar-refractivity contribution >= 4 is 29.2 Å². The summed E-state index contributed by atoms with van der Waals surface area (Å²) in [6, 6.07) is 18.9. The van der Waals surface area contributed by atoms with E-state index in [0.29, 0.717) is 10.6 Å². The zero-order valence-electron chi connectivity index (χ0n) is 13.5. The minimum Gasteiger partial charge on any atom is -0.465 e. The zero-order valence-corrected chi connectivity index (χ0v) is 14.3. The van der Waals surface area contributed by atoms with Gasteiger partial charge < -0.3 is 9.47 Å². The average Bonchev–Trinajstić information content (AvgIpc) is 3.11. The van der Waals surface area contributed by atoms with Crippen molar-refractivity contribution in [2.75, 3.05) is 12.5 Å². The Hall–Kier alpha value is -3.12. The van der Waals surface area contributed by atoms with Gasteiger partial charge in [-0.05, 0) is 41.3 Å². The number of methoxy groups -OCH3 is 1. The summed E-state index contributed by atoms with van der Waals surface area (Å²) in [4.78, 5) is 12.1. The molecule has 1 aromatic heterocycles. The molecule has 0 saturated heterocycles. The van der Waals surface area contributed by atoms with Crippen molar-refractivity contribution in [3.63, 3.8) is 0 Å². The molecule has 3 aromatic rings. The van der Waals surface area contributed by atoms with Gasteiger partial charge in [0.05, 0.1) is 19.0 Å². The van der Waals surface area contributed by atoms with Gasteiger partial charge in [-0.25, -0.2) is 4.79 Å². The van der Waals surface area contributed by atoms with E-state index >= 15 is 0 Å². The SMILES string of the molecule is COC(=O)c1sccc1N/N=C\c1cccc(Oc2ccccc2)c1. The van der Waals surface area contributed by atoms with Crippen molar-refractivity contribution in [3.05, 3.63) is 76.5 Å². The van der Waals surface area contributed by atoms with Crippen LogP contribution in [0.15, 0.2) is 71.1 Å². The minimum atomic E-state index is -0.383. The van der Waals surface area contributed by atoms with E-state index in [2.05, 4.69) is 10.5 Å². The van der Waals surface area contributed by atoms with Crippen LogP contribution in [0.4, 0.5) is 5.69 Å². The summed E-state index contributed by atoms with van der Waals surface area (Å²) < 4.78 is 10.5. The fourth-order valence-electron chi connectivity index (χ4n) is 2.11. The molecular formula is C19H16N2O3S. The smallest absolute Gasteiger partial charge is 0.350 e. The number of nitrogens with one attached hydrogen (secondary N) is 1. The number of hydrazone groups is 1. The highest BCUT2D eigenvalue weighted by Gasteiger charge is 2.12. The number of carbonyl (C=O) groups excluding carboxylic acids is 1. The number of ether oxygens (including phenoxy) is 2. The maximum absolute atomic E-state index is 11.6. The highest BCUT2D eigenvalue weighted by molar-refractivity contribution is 7.12. The predicted molar refractivity (Wildman–Crippen MR) is 99.8 cm³/mol. The van der Waals surface area contributed by atoms with Crippen molar-refractivity contribution in [1.82, 2.24) is 0 Å². The third-order valence-electron chi connectivity index (χ3n) is 3.27. The molecule has 2 aromatic carbocycles. The summed E-state index contributed by atoms with van der Waals surface area (Å²) in [5.41, 5.74) is 4.35. The van der Waals surface area contributed by atoms with Crippen LogP contribution in [-0.4, -0.2) is 19.3 Å². The monoisotopic (exact) mass is 352 g/mol. The molecule has 0 atom stereocenters. The number of benzene rings is 2. The van der Waals surface area contributed by atoms with Gasteiger partial charge in [-0.3, -0.25) is 5.43 Å². The van der Waals surface area contributed by atoms with E-state index in [1.165, 1.54) is 18.4 Å². The first kappa shape index (κ1) is 16.7. The van der Waals surface area contributed by atoms with Crippen LogP contribution in [0, 0.1) is 0 Å². The number of hydrogen-bond donors (Lipinski definition) is 1. The van der Waals surface area contributed by atoms with E-state index in [1.54, 1.807) is 17.7 Å². The minimum absolute atomic E-state index is 0.383. The number of rotatable bonds is 6. The summed E-state index contributed by atoms with van der Waals surface area (Å²) in [7, 11) is 1.35. The second-order valence-electron chi connectivity index (χ2n) is 5.01. The van der Waals surface area contributed by atoms with Crippen molar-refractivity contribution in [1.29, 1.82) is 0 Å². The maximum Gasteiger partial charge on any atom is 0.350 e. The maximum atomic E-state index is 11.6. The van der Waals surface area contributed by atoms with Crippen LogP contribution in [0.25, 0.3) is 0 Å². The Labute approximate surface area is 149 Å². The third kappa shape index (κ3) is 4.45. The predicted octanol–water partition coefficient (Wildman–Crippen LogP) is 4.77. The highest BCUT2D eigenvalue weighted by Crippen LogP contribution is 2.23. The molecule has 1 N–H and O–H groups in total. The summed E-state index contributed by atoms with van der Waals surface area (Å²) in [5.74, 6) is 1.11. The second kappa shape index (κ2) is 8.12. The van der Waals surface area contributed by atoms with Crippen LogP contribution in [0.1, 0.15) is 15.2 Å². The van der Waals surface area contributed by atoms with Crippen LogP contribution in [0.3, 0.4) is 0 Å². The molecule has 0 unspecified atom stereocenters. The standard InChI is InChI=1S/C19H16N2O3S/c1-23-19(22)18-17(10-11-25-18)21-20-13-14-6-5-9-16(12-14)24-15-7-3-2-4-8-15/h2-13,21H,1H3/b20-13-. The van der Waals surface area contributed by atoms with Gasteiger partial charge in [-0.2, -0.15) is 5.10 Å². The lowest BCUT2D eigenvalue weighted by atomic mass is 10.2. The lowest BCUT2D eigenvalue weighted by Crippen LogP contribution is -2.01. The Morgan fingerprint density at radius 2 is 1.88 bits per heavy atom. The first-order valence-corrected chi connectivity index (χ1v) is 8.42. The lowest BCUT2D eigenvalue weighted by Gasteiger charge is -2.06. The van der Waals surface area contributed by atoms with Gasteiger partial charge in [-0.1, -0.05) is 30.3 Å². The third-order valence-corrected chi connectivity index (χ3v) is 4.17. The fourth-order valence-corrected chi connectivity index (χ4v) is 2.87. The number of nitrogens with zero attached hydrogens (tertiary/aromatic N) is 1. The van der Waals surface area contributed by atoms with Gasteiger partial charge in [0.2, 0.25) is 0 Å². The van der Waals surface area contributed by atoms with Crippen LogP contribution in [-0.2, 0) is 4.74 Å². The largest absolute Gasteiger partial charge is 0.465 e. The molecule has 0 amide bonds. The molecule has 1 heterocycles. The Kier molecular flexibility index (Phi) is 5.43. The topological polar surface area (TPSA) is 59.9 Å². The van der Waals surface area contributed by atoms with Crippen molar-refractivity contribution in [2.45, 2.75) is 0 Å². The first-order valence-electron chi connectivity index (χ1n) is 7.54. The molecular weight excluding hydrogens is 336 g/mol. The Morgan fingerprint density at radius 1 is 1.08 bits per heavy atom. The molecule has 0 bridgehead atoms. The van der Waals surface area contributed by atoms with Gasteiger partial charge >= 0.3 is 5.97 Å². The van der Waals surface area contributed by atoms with Crippen LogP contribution >= 0.6 is 11.3 Å². The van der Waals surface area contributed by atoms with E-state index in [-0.39, 0.29) is 5.97 Å². The molecule has 0 aliphatic heterocycles. The highest BCUT2D eigenvalue weighted by atomic mass is 32.1. The lowest BCUT2D eigenvalue weighted by molar-refractivity contribution is 0.0607. The van der Waals surface area contributed by atoms with E-state index in [1.807, 2.05) is 54.6 Å².